The summed E-state index contributed by atoms with van der Waals surface area (Å²) >= 11 is 0. The van der Waals surface area contributed by atoms with Crippen molar-refractivity contribution in [1.29, 1.82) is 0 Å². The van der Waals surface area contributed by atoms with Gasteiger partial charge >= 0.3 is 0 Å². The average molecular weight is 313 g/mol. The number of rotatable bonds is 6. The van der Waals surface area contributed by atoms with E-state index in [2.05, 4.69) is 15.3 Å². The normalized spacial score (nSPS) is 15.5. The summed E-state index contributed by atoms with van der Waals surface area (Å²) in [5.74, 6) is 0.656. The molecular formula is C18H23N3O2. The molecule has 0 radical (unpaired) electrons. The standard InChI is InChI=1S/C18H23N3O2/c22-18(13-23-15-9-5-2-6-10-15)20-12-17-19-11-16(21-17)14-7-3-1-4-8-14/h1,3-4,7-8,11,15H,2,5-6,9-10,12-13H2,(H,19,21)(H,20,22). The van der Waals surface area contributed by atoms with Crippen LogP contribution >= 0.6 is 0 Å². The van der Waals surface area contributed by atoms with Crippen LogP contribution in [0.15, 0.2) is 36.5 Å². The van der Waals surface area contributed by atoms with Gasteiger partial charge in [-0.2, -0.15) is 0 Å². The average Bonchev–Trinajstić information content (AvgIpc) is 3.09. The molecule has 3 rings (SSSR count). The molecule has 1 aromatic heterocycles. The lowest BCUT2D eigenvalue weighted by atomic mass is 9.98. The van der Waals surface area contributed by atoms with Gasteiger partial charge in [0.1, 0.15) is 12.4 Å². The first-order chi connectivity index (χ1) is 11.3. The summed E-state index contributed by atoms with van der Waals surface area (Å²) in [6.07, 6.45) is 7.89. The molecule has 5 nitrogen and oxygen atoms in total. The maximum atomic E-state index is 11.9. The van der Waals surface area contributed by atoms with E-state index in [1.165, 1.54) is 19.3 Å². The van der Waals surface area contributed by atoms with Gasteiger partial charge in [0.15, 0.2) is 0 Å². The van der Waals surface area contributed by atoms with Crippen LogP contribution in [-0.4, -0.2) is 28.6 Å². The molecular weight excluding hydrogens is 290 g/mol. The lowest BCUT2D eigenvalue weighted by molar-refractivity contribution is -0.128. The van der Waals surface area contributed by atoms with Crippen molar-refractivity contribution in [3.05, 3.63) is 42.4 Å². The van der Waals surface area contributed by atoms with Gasteiger partial charge in [-0.15, -0.1) is 0 Å². The second kappa shape index (κ2) is 7.92. The Kier molecular flexibility index (Phi) is 5.42. The molecule has 1 aliphatic carbocycles. The summed E-state index contributed by atoms with van der Waals surface area (Å²) in [4.78, 5) is 19.4. The number of imidazole rings is 1. The fourth-order valence-electron chi connectivity index (χ4n) is 2.88. The molecule has 0 saturated heterocycles. The van der Waals surface area contributed by atoms with Gasteiger partial charge < -0.3 is 15.0 Å². The van der Waals surface area contributed by atoms with Crippen molar-refractivity contribution >= 4 is 5.91 Å². The highest BCUT2D eigenvalue weighted by molar-refractivity contribution is 5.77. The second-order valence-corrected chi connectivity index (χ2v) is 5.96. The third kappa shape index (κ3) is 4.66. The Hall–Kier alpha value is -2.14. The molecule has 1 amide bonds. The molecule has 1 aliphatic rings. The van der Waals surface area contributed by atoms with Crippen LogP contribution in [-0.2, 0) is 16.1 Å². The van der Waals surface area contributed by atoms with E-state index in [9.17, 15) is 4.79 Å². The number of nitrogens with zero attached hydrogens (tertiary/aromatic N) is 1. The fraction of sp³-hybridized carbons (Fsp3) is 0.444. The summed E-state index contributed by atoms with van der Waals surface area (Å²) in [5.41, 5.74) is 2.03. The minimum absolute atomic E-state index is 0.0896. The van der Waals surface area contributed by atoms with Crippen molar-refractivity contribution in [2.24, 2.45) is 0 Å². The number of carbonyl (C=O) groups is 1. The van der Waals surface area contributed by atoms with Crippen LogP contribution in [0.2, 0.25) is 0 Å². The van der Waals surface area contributed by atoms with E-state index in [4.69, 9.17) is 4.74 Å². The largest absolute Gasteiger partial charge is 0.368 e. The van der Waals surface area contributed by atoms with Gasteiger partial charge in [-0.25, -0.2) is 4.98 Å². The summed E-state index contributed by atoms with van der Waals surface area (Å²) in [5, 5.41) is 2.85. The smallest absolute Gasteiger partial charge is 0.246 e. The van der Waals surface area contributed by atoms with E-state index in [0.29, 0.717) is 6.54 Å². The quantitative estimate of drug-likeness (QED) is 0.861. The molecule has 1 aromatic carbocycles. The number of H-pyrrole nitrogens is 1. The van der Waals surface area contributed by atoms with Gasteiger partial charge in [0.25, 0.3) is 0 Å². The minimum Gasteiger partial charge on any atom is -0.368 e. The first-order valence-electron chi connectivity index (χ1n) is 8.29. The molecule has 5 heteroatoms. The first kappa shape index (κ1) is 15.7. The van der Waals surface area contributed by atoms with Gasteiger partial charge in [0.2, 0.25) is 5.91 Å². The van der Waals surface area contributed by atoms with E-state index in [1.54, 1.807) is 6.20 Å². The molecule has 0 aliphatic heterocycles. The predicted octanol–water partition coefficient (Wildman–Crippen LogP) is 3.04. The Balaban J connectivity index is 1.43. The van der Waals surface area contributed by atoms with E-state index in [-0.39, 0.29) is 18.6 Å². The zero-order valence-corrected chi connectivity index (χ0v) is 13.3. The zero-order chi connectivity index (χ0) is 15.9. The Bertz CT molecular complexity index is 618. The minimum atomic E-state index is -0.0896. The first-order valence-corrected chi connectivity index (χ1v) is 8.29. The van der Waals surface area contributed by atoms with E-state index in [1.807, 2.05) is 30.3 Å². The van der Waals surface area contributed by atoms with Crippen LogP contribution in [0.25, 0.3) is 11.3 Å². The van der Waals surface area contributed by atoms with Crippen LogP contribution in [0.1, 0.15) is 37.9 Å². The fourth-order valence-corrected chi connectivity index (χ4v) is 2.88. The van der Waals surface area contributed by atoms with Crippen molar-refractivity contribution in [3.8, 4) is 11.3 Å². The Labute approximate surface area is 136 Å². The molecule has 23 heavy (non-hydrogen) atoms. The summed E-state index contributed by atoms with van der Waals surface area (Å²) in [6.45, 7) is 0.524. The summed E-state index contributed by atoms with van der Waals surface area (Å²) in [7, 11) is 0. The van der Waals surface area contributed by atoms with Gasteiger partial charge in [0, 0.05) is 0 Å². The van der Waals surface area contributed by atoms with Crippen molar-refractivity contribution < 1.29 is 9.53 Å². The molecule has 2 aromatic rings. The van der Waals surface area contributed by atoms with Crippen LogP contribution in [0.3, 0.4) is 0 Å². The molecule has 0 unspecified atom stereocenters. The molecule has 1 saturated carbocycles. The molecule has 0 atom stereocenters. The zero-order valence-electron chi connectivity index (χ0n) is 13.3. The Morgan fingerprint density at radius 3 is 2.78 bits per heavy atom. The SMILES string of the molecule is O=C(COC1CCCCC1)NCc1ncc(-c2ccccc2)[nH]1. The number of aromatic nitrogens is 2. The third-order valence-electron chi connectivity index (χ3n) is 4.17. The summed E-state index contributed by atoms with van der Waals surface area (Å²) in [6, 6.07) is 10.00. The molecule has 0 bridgehead atoms. The lowest BCUT2D eigenvalue weighted by Crippen LogP contribution is -2.30. The number of aromatic amines is 1. The lowest BCUT2D eigenvalue weighted by Gasteiger charge is -2.21. The molecule has 1 fully saturated rings. The van der Waals surface area contributed by atoms with Gasteiger partial charge in [-0.05, 0) is 18.4 Å². The van der Waals surface area contributed by atoms with Crippen molar-refractivity contribution in [2.75, 3.05) is 6.61 Å². The summed E-state index contributed by atoms with van der Waals surface area (Å²) < 4.78 is 5.67. The molecule has 1 heterocycles. The molecule has 122 valence electrons. The van der Waals surface area contributed by atoms with Gasteiger partial charge in [-0.3, -0.25) is 4.79 Å². The Morgan fingerprint density at radius 2 is 2.00 bits per heavy atom. The number of hydrogen-bond acceptors (Lipinski definition) is 3. The van der Waals surface area contributed by atoms with Crippen LogP contribution in [0, 0.1) is 0 Å². The van der Waals surface area contributed by atoms with Crippen molar-refractivity contribution in [1.82, 2.24) is 15.3 Å². The topological polar surface area (TPSA) is 67.0 Å². The number of benzene rings is 1. The number of nitrogens with one attached hydrogen (secondary N) is 2. The Morgan fingerprint density at radius 1 is 1.22 bits per heavy atom. The van der Waals surface area contributed by atoms with E-state index < -0.39 is 0 Å². The van der Waals surface area contributed by atoms with E-state index in [0.717, 1.165) is 29.9 Å². The number of hydrogen-bond donors (Lipinski definition) is 2. The van der Waals surface area contributed by atoms with Crippen molar-refractivity contribution in [2.45, 2.75) is 44.8 Å². The van der Waals surface area contributed by atoms with Crippen LogP contribution in [0.5, 0.6) is 0 Å². The van der Waals surface area contributed by atoms with Crippen LogP contribution < -0.4 is 5.32 Å². The molecule has 0 spiro atoms. The monoisotopic (exact) mass is 313 g/mol. The van der Waals surface area contributed by atoms with Gasteiger partial charge in [0.05, 0.1) is 24.5 Å². The van der Waals surface area contributed by atoms with Gasteiger partial charge in [-0.1, -0.05) is 49.6 Å². The second-order valence-electron chi connectivity index (χ2n) is 5.96. The predicted molar refractivity (Wildman–Crippen MR) is 88.7 cm³/mol. The van der Waals surface area contributed by atoms with E-state index >= 15 is 0 Å². The maximum absolute atomic E-state index is 11.9. The number of amides is 1. The molecule has 2 N–H and O–H groups in total. The highest BCUT2D eigenvalue weighted by Crippen LogP contribution is 2.20. The number of ether oxygens (including phenoxy) is 1. The number of carbonyl (C=O) groups excluding carboxylic acids is 1. The third-order valence-corrected chi connectivity index (χ3v) is 4.17. The van der Waals surface area contributed by atoms with Crippen molar-refractivity contribution in [3.63, 3.8) is 0 Å². The highest BCUT2D eigenvalue weighted by Gasteiger charge is 2.15. The van der Waals surface area contributed by atoms with Crippen LogP contribution in [0.4, 0.5) is 0 Å². The highest BCUT2D eigenvalue weighted by atomic mass is 16.5. The maximum Gasteiger partial charge on any atom is 0.246 e.